The van der Waals surface area contributed by atoms with Crippen LogP contribution in [-0.2, 0) is 23.2 Å². The summed E-state index contributed by atoms with van der Waals surface area (Å²) in [6.07, 6.45) is 5.26. The summed E-state index contributed by atoms with van der Waals surface area (Å²) in [5.74, 6) is 1.01. The molecule has 126 valence electrons. The number of rotatable bonds is 4. The van der Waals surface area contributed by atoms with Gasteiger partial charge >= 0.3 is 0 Å². The van der Waals surface area contributed by atoms with Crippen LogP contribution in [0.1, 0.15) is 32.5 Å². The van der Waals surface area contributed by atoms with Gasteiger partial charge in [0.25, 0.3) is 5.91 Å². The van der Waals surface area contributed by atoms with Gasteiger partial charge in [-0.25, -0.2) is 4.98 Å². The summed E-state index contributed by atoms with van der Waals surface area (Å²) in [4.78, 5) is 26.5. The normalized spacial score (nSPS) is 24.3. The van der Waals surface area contributed by atoms with Crippen LogP contribution in [0, 0.1) is 0 Å². The van der Waals surface area contributed by atoms with Crippen molar-refractivity contribution in [2.75, 3.05) is 20.1 Å². The number of amides is 1. The van der Waals surface area contributed by atoms with Crippen LogP contribution in [-0.4, -0.2) is 62.7 Å². The lowest BCUT2D eigenvalue weighted by atomic mass is 9.96. The number of likely N-dealkylation sites (tertiary alicyclic amines) is 1. The monoisotopic (exact) mass is 319 g/mol. The van der Waals surface area contributed by atoms with Crippen LogP contribution in [0.4, 0.5) is 0 Å². The van der Waals surface area contributed by atoms with Crippen molar-refractivity contribution < 1.29 is 9.63 Å². The molecule has 1 spiro atoms. The van der Waals surface area contributed by atoms with Crippen LogP contribution in [0.3, 0.4) is 0 Å². The fourth-order valence-corrected chi connectivity index (χ4v) is 3.10. The first-order valence-corrected chi connectivity index (χ1v) is 8.11. The Bertz CT molecular complexity index is 624. The van der Waals surface area contributed by atoms with E-state index in [4.69, 9.17) is 4.84 Å². The Morgan fingerprint density at radius 3 is 2.96 bits per heavy atom. The lowest BCUT2D eigenvalue weighted by Gasteiger charge is -2.23. The van der Waals surface area contributed by atoms with Crippen LogP contribution in [0.25, 0.3) is 0 Å². The summed E-state index contributed by atoms with van der Waals surface area (Å²) in [5, 5.41) is 4.10. The molecule has 1 fully saturated rings. The molecule has 3 heterocycles. The van der Waals surface area contributed by atoms with Gasteiger partial charge in [-0.15, -0.1) is 0 Å². The first-order chi connectivity index (χ1) is 10.9. The van der Waals surface area contributed by atoms with Crippen LogP contribution in [0.5, 0.6) is 0 Å². The minimum Gasteiger partial charge on any atom is -0.387 e. The van der Waals surface area contributed by atoms with Crippen molar-refractivity contribution in [1.29, 1.82) is 0 Å². The number of aromatic nitrogens is 2. The third-order valence-corrected chi connectivity index (χ3v) is 4.86. The molecule has 0 bridgehead atoms. The van der Waals surface area contributed by atoms with E-state index >= 15 is 0 Å². The average molecular weight is 319 g/mol. The third-order valence-electron chi connectivity index (χ3n) is 4.86. The van der Waals surface area contributed by atoms with E-state index in [-0.39, 0.29) is 17.6 Å². The summed E-state index contributed by atoms with van der Waals surface area (Å²) in [5.41, 5.74) is 0.202. The predicted molar refractivity (Wildman–Crippen MR) is 86.9 cm³/mol. The van der Waals surface area contributed by atoms with E-state index in [1.807, 2.05) is 44.9 Å². The highest BCUT2D eigenvalue weighted by Crippen LogP contribution is 2.34. The van der Waals surface area contributed by atoms with E-state index in [0.29, 0.717) is 12.1 Å². The highest BCUT2D eigenvalue weighted by Gasteiger charge is 2.47. The fourth-order valence-electron chi connectivity index (χ4n) is 3.10. The number of imidazole rings is 1. The molecule has 1 saturated heterocycles. The summed E-state index contributed by atoms with van der Waals surface area (Å²) >= 11 is 0. The Kier molecular flexibility index (Phi) is 4.14. The summed E-state index contributed by atoms with van der Waals surface area (Å²) < 4.78 is 2.03. The zero-order chi connectivity index (χ0) is 16.6. The molecule has 1 aromatic heterocycles. The van der Waals surface area contributed by atoms with Gasteiger partial charge in [-0.2, -0.15) is 0 Å². The van der Waals surface area contributed by atoms with Crippen molar-refractivity contribution in [3.8, 4) is 0 Å². The molecule has 7 heteroatoms. The number of nitrogens with zero attached hydrogens (tertiary/aromatic N) is 5. The molecule has 0 N–H and O–H groups in total. The number of hydrogen-bond donors (Lipinski definition) is 0. The molecule has 0 aliphatic carbocycles. The molecule has 0 radical (unpaired) electrons. The molecule has 2 aliphatic heterocycles. The van der Waals surface area contributed by atoms with E-state index in [0.717, 1.165) is 31.9 Å². The standard InChI is InChI=1S/C16H25N5O2/c1-12(2)20(4)15(22)13-9-16(23-18-13)5-7-21(11-16)10-14-17-6-8-19(14)3/h6,8,12H,5,7,9-11H2,1-4H3/t16-/m1/s1. The molecule has 1 aromatic rings. The Hall–Kier alpha value is -1.89. The molecule has 7 nitrogen and oxygen atoms in total. The van der Waals surface area contributed by atoms with Crippen molar-refractivity contribution in [2.45, 2.75) is 44.9 Å². The van der Waals surface area contributed by atoms with Gasteiger partial charge in [0.2, 0.25) is 0 Å². The van der Waals surface area contributed by atoms with Gasteiger partial charge in [0.05, 0.1) is 6.54 Å². The Labute approximate surface area is 136 Å². The second-order valence-corrected chi connectivity index (χ2v) is 6.91. The van der Waals surface area contributed by atoms with E-state index in [2.05, 4.69) is 15.0 Å². The maximum atomic E-state index is 12.4. The highest BCUT2D eigenvalue weighted by molar-refractivity contribution is 6.39. The van der Waals surface area contributed by atoms with E-state index in [1.165, 1.54) is 0 Å². The topological polar surface area (TPSA) is 63.0 Å². The summed E-state index contributed by atoms with van der Waals surface area (Å²) in [6.45, 7) is 6.50. The van der Waals surface area contributed by atoms with Gasteiger partial charge in [-0.05, 0) is 13.8 Å². The molecule has 2 aliphatic rings. The molecule has 0 aromatic carbocycles. The summed E-state index contributed by atoms with van der Waals surface area (Å²) in [7, 11) is 3.81. The molecule has 23 heavy (non-hydrogen) atoms. The maximum absolute atomic E-state index is 12.4. The van der Waals surface area contributed by atoms with E-state index in [9.17, 15) is 4.79 Å². The second-order valence-electron chi connectivity index (χ2n) is 6.91. The minimum absolute atomic E-state index is 0.0283. The predicted octanol–water partition coefficient (Wildman–Crippen LogP) is 1.01. The fraction of sp³-hybridized carbons (Fsp3) is 0.688. The van der Waals surface area contributed by atoms with Crippen molar-refractivity contribution in [2.24, 2.45) is 12.2 Å². The quantitative estimate of drug-likeness (QED) is 0.831. The van der Waals surface area contributed by atoms with E-state index < -0.39 is 0 Å². The number of aryl methyl sites for hydroxylation is 1. The third kappa shape index (κ3) is 3.10. The van der Waals surface area contributed by atoms with Crippen LogP contribution >= 0.6 is 0 Å². The Balaban J connectivity index is 1.59. The minimum atomic E-state index is -0.339. The maximum Gasteiger partial charge on any atom is 0.271 e. The van der Waals surface area contributed by atoms with Gasteiger partial charge in [0.15, 0.2) is 5.60 Å². The van der Waals surface area contributed by atoms with Crippen LogP contribution in [0.15, 0.2) is 17.5 Å². The molecular formula is C16H25N5O2. The van der Waals surface area contributed by atoms with Gasteiger partial charge < -0.3 is 14.3 Å². The van der Waals surface area contributed by atoms with Gasteiger partial charge in [-0.1, -0.05) is 5.16 Å². The number of hydrogen-bond acceptors (Lipinski definition) is 5. The van der Waals surface area contributed by atoms with Crippen molar-refractivity contribution in [3.05, 3.63) is 18.2 Å². The first kappa shape index (κ1) is 16.0. The molecule has 0 unspecified atom stereocenters. The SMILES string of the molecule is CC(C)N(C)C(=O)C1=NO[C@]2(CCN(Cc3nccn3C)C2)C1. The largest absolute Gasteiger partial charge is 0.387 e. The van der Waals surface area contributed by atoms with Gasteiger partial charge in [0.1, 0.15) is 11.5 Å². The zero-order valence-corrected chi connectivity index (χ0v) is 14.3. The Morgan fingerprint density at radius 1 is 1.52 bits per heavy atom. The second kappa shape index (κ2) is 5.96. The number of carbonyl (C=O) groups excluding carboxylic acids is 1. The molecule has 0 saturated carbocycles. The smallest absolute Gasteiger partial charge is 0.271 e. The number of oxime groups is 1. The lowest BCUT2D eigenvalue weighted by molar-refractivity contribution is -0.124. The number of carbonyl (C=O) groups is 1. The highest BCUT2D eigenvalue weighted by atomic mass is 16.7. The lowest BCUT2D eigenvalue weighted by Crippen LogP contribution is -2.40. The molecule has 1 amide bonds. The van der Waals surface area contributed by atoms with Crippen molar-refractivity contribution in [3.63, 3.8) is 0 Å². The van der Waals surface area contributed by atoms with Crippen LogP contribution < -0.4 is 0 Å². The van der Waals surface area contributed by atoms with Crippen molar-refractivity contribution in [1.82, 2.24) is 19.4 Å². The first-order valence-electron chi connectivity index (χ1n) is 8.11. The Morgan fingerprint density at radius 2 is 2.30 bits per heavy atom. The molecule has 1 atom stereocenters. The van der Waals surface area contributed by atoms with Crippen molar-refractivity contribution >= 4 is 11.6 Å². The van der Waals surface area contributed by atoms with Gasteiger partial charge in [-0.3, -0.25) is 9.69 Å². The molecule has 3 rings (SSSR count). The summed E-state index contributed by atoms with van der Waals surface area (Å²) in [6, 6.07) is 0.158. The van der Waals surface area contributed by atoms with Crippen LogP contribution in [0.2, 0.25) is 0 Å². The molecular weight excluding hydrogens is 294 g/mol. The van der Waals surface area contributed by atoms with Gasteiger partial charge in [0, 0.05) is 58.5 Å². The average Bonchev–Trinajstić information content (AvgIpc) is 3.22. The van der Waals surface area contributed by atoms with E-state index in [1.54, 1.807) is 4.90 Å². The zero-order valence-electron chi connectivity index (χ0n) is 14.3.